The van der Waals surface area contributed by atoms with Gasteiger partial charge in [0, 0.05) is 18.8 Å². The Kier molecular flexibility index (Phi) is 5.10. The first kappa shape index (κ1) is 17.1. The quantitative estimate of drug-likeness (QED) is 0.917. The molecule has 7 heteroatoms. The molecule has 1 atom stereocenters. The number of nitriles is 1. The van der Waals surface area contributed by atoms with Crippen LogP contribution in [0.5, 0.6) is 0 Å². The molecule has 7 nitrogen and oxygen atoms in total. The number of aryl methyl sites for hydroxylation is 2. The fourth-order valence-electron chi connectivity index (χ4n) is 3.08. The van der Waals surface area contributed by atoms with E-state index in [4.69, 9.17) is 14.5 Å². The van der Waals surface area contributed by atoms with Crippen LogP contribution >= 0.6 is 0 Å². The first-order valence-corrected chi connectivity index (χ1v) is 8.28. The van der Waals surface area contributed by atoms with Crippen LogP contribution in [0.4, 0.5) is 0 Å². The molecule has 1 aromatic heterocycles. The van der Waals surface area contributed by atoms with Gasteiger partial charge in [-0.25, -0.2) is 0 Å². The number of nitrogens with zero attached hydrogens (tertiary/aromatic N) is 3. The highest BCUT2D eigenvalue weighted by atomic mass is 16.5. The molecule has 1 aliphatic heterocycles. The van der Waals surface area contributed by atoms with Gasteiger partial charge < -0.3 is 14.6 Å². The molecule has 0 radical (unpaired) electrons. The van der Waals surface area contributed by atoms with Crippen LogP contribution in [0, 0.1) is 31.1 Å². The van der Waals surface area contributed by atoms with Gasteiger partial charge in [0.25, 0.3) is 5.91 Å². The van der Waals surface area contributed by atoms with Gasteiger partial charge in [-0.1, -0.05) is 5.16 Å². The van der Waals surface area contributed by atoms with Gasteiger partial charge in [0.1, 0.15) is 6.04 Å². The van der Waals surface area contributed by atoms with Crippen LogP contribution in [0.25, 0.3) is 0 Å². The summed E-state index contributed by atoms with van der Waals surface area (Å²) < 4.78 is 10.7. The Bertz CT molecular complexity index is 803. The van der Waals surface area contributed by atoms with Crippen LogP contribution in [0.15, 0.2) is 22.7 Å². The van der Waals surface area contributed by atoms with Gasteiger partial charge in [0.05, 0.1) is 11.6 Å². The van der Waals surface area contributed by atoms with Gasteiger partial charge in [-0.15, -0.1) is 0 Å². The predicted octanol–water partition coefficient (Wildman–Crippen LogP) is 2.46. The van der Waals surface area contributed by atoms with Crippen LogP contribution in [0.2, 0.25) is 0 Å². The molecule has 0 bridgehead atoms. The van der Waals surface area contributed by atoms with Crippen molar-refractivity contribution in [1.82, 2.24) is 15.5 Å². The van der Waals surface area contributed by atoms with Gasteiger partial charge in [0.15, 0.2) is 5.82 Å². The van der Waals surface area contributed by atoms with E-state index in [2.05, 4.69) is 21.5 Å². The molecule has 25 heavy (non-hydrogen) atoms. The Morgan fingerprint density at radius 3 is 2.72 bits per heavy atom. The van der Waals surface area contributed by atoms with E-state index in [-0.39, 0.29) is 17.9 Å². The third-order valence-electron chi connectivity index (χ3n) is 4.43. The van der Waals surface area contributed by atoms with Crippen LogP contribution in [-0.2, 0) is 4.74 Å². The smallest absolute Gasteiger partial charge is 0.252 e. The molecule has 0 saturated carbocycles. The van der Waals surface area contributed by atoms with E-state index in [1.165, 1.54) is 0 Å². The number of benzene rings is 1. The zero-order valence-corrected chi connectivity index (χ0v) is 14.3. The van der Waals surface area contributed by atoms with E-state index >= 15 is 0 Å². The third-order valence-corrected chi connectivity index (χ3v) is 4.43. The van der Waals surface area contributed by atoms with Crippen molar-refractivity contribution in [1.29, 1.82) is 5.26 Å². The SMILES string of the molecule is Cc1noc([C@H](NC(=O)c2ccc(C#N)cc2C)C2CCOCC2)n1. The van der Waals surface area contributed by atoms with Crippen molar-refractivity contribution in [2.45, 2.75) is 32.7 Å². The maximum Gasteiger partial charge on any atom is 0.252 e. The van der Waals surface area contributed by atoms with Crippen molar-refractivity contribution in [3.05, 3.63) is 46.6 Å². The van der Waals surface area contributed by atoms with E-state index in [0.29, 0.717) is 36.1 Å². The number of nitrogens with one attached hydrogen (secondary N) is 1. The van der Waals surface area contributed by atoms with Gasteiger partial charge in [-0.3, -0.25) is 4.79 Å². The van der Waals surface area contributed by atoms with Crippen molar-refractivity contribution >= 4 is 5.91 Å². The Morgan fingerprint density at radius 2 is 2.12 bits per heavy atom. The highest BCUT2D eigenvalue weighted by molar-refractivity contribution is 5.96. The van der Waals surface area contributed by atoms with Crippen molar-refractivity contribution < 1.29 is 14.1 Å². The number of carbonyl (C=O) groups excluding carboxylic acids is 1. The summed E-state index contributed by atoms with van der Waals surface area (Å²) in [5.74, 6) is 0.922. The predicted molar refractivity (Wildman–Crippen MR) is 88.7 cm³/mol. The number of hydrogen-bond donors (Lipinski definition) is 1. The van der Waals surface area contributed by atoms with Gasteiger partial charge in [-0.2, -0.15) is 10.2 Å². The highest BCUT2D eigenvalue weighted by Gasteiger charge is 2.31. The number of rotatable bonds is 4. The summed E-state index contributed by atoms with van der Waals surface area (Å²) in [6, 6.07) is 6.74. The van der Waals surface area contributed by atoms with Crippen molar-refractivity contribution in [2.75, 3.05) is 13.2 Å². The molecule has 1 aromatic carbocycles. The second-order valence-corrected chi connectivity index (χ2v) is 6.22. The van der Waals surface area contributed by atoms with Crippen molar-refractivity contribution in [3.63, 3.8) is 0 Å². The van der Waals surface area contributed by atoms with E-state index in [0.717, 1.165) is 18.4 Å². The number of ether oxygens (including phenoxy) is 1. The summed E-state index contributed by atoms with van der Waals surface area (Å²) in [4.78, 5) is 17.1. The standard InChI is InChI=1S/C18H20N4O3/c1-11-9-13(10-19)3-4-15(11)17(23)21-16(14-5-7-24-8-6-14)18-20-12(2)22-25-18/h3-4,9,14,16H,5-8H2,1-2H3,(H,21,23)/t16-/m1/s1. The monoisotopic (exact) mass is 340 g/mol. The van der Waals surface area contributed by atoms with E-state index in [9.17, 15) is 4.79 Å². The van der Waals surface area contributed by atoms with Crippen LogP contribution in [0.1, 0.15) is 52.1 Å². The molecule has 0 spiro atoms. The molecule has 1 aliphatic rings. The van der Waals surface area contributed by atoms with Crippen molar-refractivity contribution in [2.24, 2.45) is 5.92 Å². The Balaban J connectivity index is 1.84. The summed E-state index contributed by atoms with van der Waals surface area (Å²) in [5, 5.41) is 15.9. The zero-order chi connectivity index (χ0) is 17.8. The normalized spacial score (nSPS) is 16.2. The van der Waals surface area contributed by atoms with Crippen LogP contribution in [-0.4, -0.2) is 29.3 Å². The summed E-state index contributed by atoms with van der Waals surface area (Å²) in [6.45, 7) is 4.87. The van der Waals surface area contributed by atoms with E-state index in [1.54, 1.807) is 25.1 Å². The number of hydrogen-bond acceptors (Lipinski definition) is 6. The molecule has 130 valence electrons. The minimum atomic E-state index is -0.354. The minimum absolute atomic E-state index is 0.177. The lowest BCUT2D eigenvalue weighted by Crippen LogP contribution is -2.36. The molecule has 2 heterocycles. The van der Waals surface area contributed by atoms with Crippen LogP contribution in [0.3, 0.4) is 0 Å². The maximum absolute atomic E-state index is 12.8. The topological polar surface area (TPSA) is 101 Å². The molecule has 1 fully saturated rings. The Hall–Kier alpha value is -2.72. The average Bonchev–Trinajstić information content (AvgIpc) is 3.06. The molecule has 3 rings (SSSR count). The summed E-state index contributed by atoms with van der Waals surface area (Å²) in [5.41, 5.74) is 1.82. The Morgan fingerprint density at radius 1 is 1.36 bits per heavy atom. The maximum atomic E-state index is 12.8. The van der Waals surface area contributed by atoms with Crippen molar-refractivity contribution in [3.8, 4) is 6.07 Å². The molecule has 1 amide bonds. The first-order chi connectivity index (χ1) is 12.1. The summed E-state index contributed by atoms with van der Waals surface area (Å²) in [6.07, 6.45) is 1.64. The molecule has 2 aromatic rings. The largest absolute Gasteiger partial charge is 0.381 e. The first-order valence-electron chi connectivity index (χ1n) is 8.28. The fraction of sp³-hybridized carbons (Fsp3) is 0.444. The highest BCUT2D eigenvalue weighted by Crippen LogP contribution is 2.29. The lowest BCUT2D eigenvalue weighted by molar-refractivity contribution is 0.0467. The molecular weight excluding hydrogens is 320 g/mol. The van der Waals surface area contributed by atoms with Gasteiger partial charge in [-0.05, 0) is 56.4 Å². The van der Waals surface area contributed by atoms with Gasteiger partial charge in [0.2, 0.25) is 5.89 Å². The molecule has 1 N–H and O–H groups in total. The number of aromatic nitrogens is 2. The average molecular weight is 340 g/mol. The van der Waals surface area contributed by atoms with E-state index < -0.39 is 0 Å². The minimum Gasteiger partial charge on any atom is -0.381 e. The number of carbonyl (C=O) groups is 1. The molecule has 0 aliphatic carbocycles. The third kappa shape index (κ3) is 3.86. The van der Waals surface area contributed by atoms with Gasteiger partial charge >= 0.3 is 0 Å². The van der Waals surface area contributed by atoms with E-state index in [1.807, 2.05) is 6.92 Å². The lowest BCUT2D eigenvalue weighted by Gasteiger charge is -2.28. The number of amides is 1. The van der Waals surface area contributed by atoms with Crippen LogP contribution < -0.4 is 5.32 Å². The fourth-order valence-corrected chi connectivity index (χ4v) is 3.08. The lowest BCUT2D eigenvalue weighted by atomic mass is 9.91. The second-order valence-electron chi connectivity index (χ2n) is 6.22. The molecule has 0 unspecified atom stereocenters. The molecular formula is C18H20N4O3. The molecule has 1 saturated heterocycles. The summed E-state index contributed by atoms with van der Waals surface area (Å²) >= 11 is 0. The zero-order valence-electron chi connectivity index (χ0n) is 14.3. The second kappa shape index (κ2) is 7.45. The summed E-state index contributed by atoms with van der Waals surface area (Å²) in [7, 11) is 0. The Labute approximate surface area is 146 Å².